The van der Waals surface area contributed by atoms with Gasteiger partial charge in [-0.1, -0.05) is 32.1 Å². The molecule has 4 rings (SSSR count). The van der Waals surface area contributed by atoms with Crippen LogP contribution in [0.5, 0.6) is 11.5 Å². The van der Waals surface area contributed by atoms with E-state index < -0.39 is 10.1 Å². The van der Waals surface area contributed by atoms with Gasteiger partial charge in [0.2, 0.25) is 0 Å². The Balaban J connectivity index is 1.74. The number of rotatable bonds is 9. The van der Waals surface area contributed by atoms with E-state index in [0.29, 0.717) is 12.2 Å². The Kier molecular flexibility index (Phi) is 8.42. The number of anilines is 1. The summed E-state index contributed by atoms with van der Waals surface area (Å²) in [5.41, 5.74) is 5.21. The fraction of sp³-hybridized carbons (Fsp3) is 0.433. The van der Waals surface area contributed by atoms with Gasteiger partial charge in [-0.3, -0.25) is 4.79 Å². The van der Waals surface area contributed by atoms with Crippen molar-refractivity contribution >= 4 is 39.1 Å². The first-order valence-electron chi connectivity index (χ1n) is 13.0. The minimum absolute atomic E-state index is 0.0610. The number of fused-ring (bicyclic) bond motifs is 1. The Hall–Kier alpha value is -2.91. The number of methoxy groups -OCH3 is 1. The van der Waals surface area contributed by atoms with Crippen molar-refractivity contribution in [2.45, 2.75) is 65.4 Å². The number of ether oxygens (including phenoxy) is 2. The molecule has 9 heteroatoms. The quantitative estimate of drug-likeness (QED) is 0.260. The van der Waals surface area contributed by atoms with E-state index in [4.69, 9.17) is 13.7 Å². The number of carbonyl (C=O) groups is 1. The lowest BCUT2D eigenvalue weighted by atomic mass is 9.85. The van der Waals surface area contributed by atoms with Gasteiger partial charge in [-0.25, -0.2) is 0 Å². The van der Waals surface area contributed by atoms with Crippen LogP contribution in [-0.4, -0.2) is 38.0 Å². The molecule has 1 N–H and O–H groups in total. The van der Waals surface area contributed by atoms with Crippen LogP contribution in [0.15, 0.2) is 47.4 Å². The maximum absolute atomic E-state index is 12.9. The van der Waals surface area contributed by atoms with Crippen molar-refractivity contribution in [1.29, 1.82) is 0 Å². The summed E-state index contributed by atoms with van der Waals surface area (Å²) < 4.78 is 41.8. The number of hydrogen-bond acceptors (Lipinski definition) is 8. The second kappa shape index (κ2) is 11.3. The molecule has 0 fully saturated rings. The third kappa shape index (κ3) is 6.81. The lowest BCUT2D eigenvalue weighted by Gasteiger charge is -2.33. The molecular weight excluding hydrogens is 534 g/mol. The second-order valence-electron chi connectivity index (χ2n) is 11.0. The van der Waals surface area contributed by atoms with Gasteiger partial charge in [0.25, 0.3) is 0 Å². The Labute approximate surface area is 236 Å². The SMILES string of the molecule is COc1cc(OS(=O)(=O)CC(C)C)ccc1-c1ccc2c(c1COC(=O)C1CC=C(C)S1)C(C)=CC(C)(C)N2. The Morgan fingerprint density at radius 1 is 1.15 bits per heavy atom. The molecule has 0 spiro atoms. The first kappa shape index (κ1) is 29.1. The lowest BCUT2D eigenvalue weighted by Crippen LogP contribution is -2.32. The lowest BCUT2D eigenvalue weighted by molar-refractivity contribution is -0.144. The van der Waals surface area contributed by atoms with Gasteiger partial charge in [0, 0.05) is 28.4 Å². The minimum atomic E-state index is -3.74. The first-order valence-corrected chi connectivity index (χ1v) is 15.5. The largest absolute Gasteiger partial charge is 0.496 e. The first-order chi connectivity index (χ1) is 18.3. The molecule has 0 amide bonds. The van der Waals surface area contributed by atoms with Gasteiger partial charge >= 0.3 is 16.1 Å². The van der Waals surface area contributed by atoms with Gasteiger partial charge in [-0.05, 0) is 74.3 Å². The zero-order valence-electron chi connectivity index (χ0n) is 23.6. The molecule has 210 valence electrons. The summed E-state index contributed by atoms with van der Waals surface area (Å²) in [6.45, 7) is 12.0. The molecule has 2 aliphatic rings. The summed E-state index contributed by atoms with van der Waals surface area (Å²) in [7, 11) is -2.21. The number of allylic oxidation sites excluding steroid dienone is 3. The van der Waals surface area contributed by atoms with Crippen molar-refractivity contribution in [3.05, 3.63) is 58.5 Å². The van der Waals surface area contributed by atoms with Gasteiger partial charge in [-0.2, -0.15) is 8.42 Å². The zero-order valence-corrected chi connectivity index (χ0v) is 25.2. The Morgan fingerprint density at radius 3 is 2.51 bits per heavy atom. The predicted molar refractivity (Wildman–Crippen MR) is 159 cm³/mol. The van der Waals surface area contributed by atoms with Gasteiger partial charge < -0.3 is 19.0 Å². The fourth-order valence-corrected chi connectivity index (χ4v) is 7.39. The molecule has 1 atom stereocenters. The van der Waals surface area contributed by atoms with Crippen LogP contribution in [0.4, 0.5) is 5.69 Å². The van der Waals surface area contributed by atoms with Gasteiger partial charge in [0.1, 0.15) is 23.4 Å². The molecule has 0 saturated carbocycles. The van der Waals surface area contributed by atoms with Gasteiger partial charge in [0.15, 0.2) is 0 Å². The predicted octanol–water partition coefficient (Wildman–Crippen LogP) is 6.79. The van der Waals surface area contributed by atoms with E-state index in [-0.39, 0.29) is 40.8 Å². The second-order valence-corrected chi connectivity index (χ2v) is 14.1. The summed E-state index contributed by atoms with van der Waals surface area (Å²) >= 11 is 1.53. The average molecular weight is 572 g/mol. The molecule has 2 heterocycles. The van der Waals surface area contributed by atoms with Crippen molar-refractivity contribution < 1.29 is 26.9 Å². The maximum atomic E-state index is 12.9. The van der Waals surface area contributed by atoms with Gasteiger partial charge in [0.05, 0.1) is 18.4 Å². The maximum Gasteiger partial charge on any atom is 0.320 e. The molecule has 0 bridgehead atoms. The topological polar surface area (TPSA) is 90.9 Å². The van der Waals surface area contributed by atoms with E-state index in [1.807, 2.05) is 32.9 Å². The molecule has 1 unspecified atom stereocenters. The zero-order chi connectivity index (χ0) is 28.5. The molecule has 2 aromatic rings. The van der Waals surface area contributed by atoms with E-state index in [9.17, 15) is 13.2 Å². The number of benzene rings is 2. The smallest absolute Gasteiger partial charge is 0.320 e. The summed E-state index contributed by atoms with van der Waals surface area (Å²) in [5.74, 6) is 0.253. The minimum Gasteiger partial charge on any atom is -0.496 e. The van der Waals surface area contributed by atoms with E-state index in [0.717, 1.165) is 38.4 Å². The van der Waals surface area contributed by atoms with Crippen molar-refractivity contribution in [3.63, 3.8) is 0 Å². The Bertz CT molecular complexity index is 1440. The fourth-order valence-electron chi connectivity index (χ4n) is 5.11. The molecule has 0 aromatic heterocycles. The normalized spacial score (nSPS) is 18.1. The van der Waals surface area contributed by atoms with Crippen LogP contribution in [0.3, 0.4) is 0 Å². The molecule has 39 heavy (non-hydrogen) atoms. The number of nitrogens with one attached hydrogen (secondary N) is 1. The van der Waals surface area contributed by atoms with E-state index in [2.05, 4.69) is 38.2 Å². The number of esters is 1. The summed E-state index contributed by atoms with van der Waals surface area (Å²) in [4.78, 5) is 14.1. The monoisotopic (exact) mass is 571 g/mol. The van der Waals surface area contributed by atoms with Crippen LogP contribution < -0.4 is 14.2 Å². The van der Waals surface area contributed by atoms with Gasteiger partial charge in [-0.15, -0.1) is 11.8 Å². The average Bonchev–Trinajstić information content (AvgIpc) is 3.26. The highest BCUT2D eigenvalue weighted by atomic mass is 32.2. The van der Waals surface area contributed by atoms with Crippen LogP contribution in [0.1, 0.15) is 59.1 Å². The molecule has 2 aliphatic heterocycles. The highest BCUT2D eigenvalue weighted by Gasteiger charge is 2.29. The molecule has 7 nitrogen and oxygen atoms in total. The molecule has 0 radical (unpaired) electrons. The van der Waals surface area contributed by atoms with Crippen LogP contribution in [0.25, 0.3) is 16.7 Å². The number of thioether (sulfide) groups is 1. The van der Waals surface area contributed by atoms with E-state index in [1.54, 1.807) is 18.2 Å². The number of hydrogen-bond donors (Lipinski definition) is 1. The summed E-state index contributed by atoms with van der Waals surface area (Å²) in [5, 5.41) is 3.33. The Morgan fingerprint density at radius 2 is 1.87 bits per heavy atom. The molecule has 2 aromatic carbocycles. The summed E-state index contributed by atoms with van der Waals surface area (Å²) in [6, 6.07) is 8.99. The van der Waals surface area contributed by atoms with Crippen molar-refractivity contribution in [3.8, 4) is 22.6 Å². The molecule has 0 saturated heterocycles. The highest BCUT2D eigenvalue weighted by molar-refractivity contribution is 8.04. The highest BCUT2D eigenvalue weighted by Crippen LogP contribution is 2.44. The van der Waals surface area contributed by atoms with Crippen LogP contribution in [-0.2, 0) is 26.3 Å². The van der Waals surface area contributed by atoms with Crippen molar-refractivity contribution in [2.75, 3.05) is 18.2 Å². The third-order valence-corrected chi connectivity index (χ3v) is 9.26. The summed E-state index contributed by atoms with van der Waals surface area (Å²) in [6.07, 6.45) is 4.89. The molecular formula is C30H37NO6S2. The standard InChI is InChI=1S/C30H37NO6S2/c1-18(2)17-39(33,34)37-21-9-10-23(26(14-21)35-7)22-11-12-25-28(19(3)15-30(5,6)31-25)24(22)16-36-29(32)27-13-8-20(4)38-27/h8-12,14-15,18,27,31H,13,16-17H2,1-7H3. The third-order valence-electron chi connectivity index (χ3n) is 6.53. The van der Waals surface area contributed by atoms with E-state index >= 15 is 0 Å². The van der Waals surface area contributed by atoms with E-state index in [1.165, 1.54) is 18.9 Å². The van der Waals surface area contributed by atoms with Crippen LogP contribution in [0.2, 0.25) is 0 Å². The number of carbonyl (C=O) groups excluding carboxylic acids is 1. The van der Waals surface area contributed by atoms with Crippen molar-refractivity contribution in [1.82, 2.24) is 0 Å². The van der Waals surface area contributed by atoms with Crippen LogP contribution >= 0.6 is 11.8 Å². The van der Waals surface area contributed by atoms with Crippen molar-refractivity contribution in [2.24, 2.45) is 5.92 Å². The molecule has 0 aliphatic carbocycles. The van der Waals surface area contributed by atoms with Crippen LogP contribution in [0, 0.1) is 5.92 Å².